The van der Waals surface area contributed by atoms with Gasteiger partial charge in [0.15, 0.2) is 0 Å². The first-order valence-corrected chi connectivity index (χ1v) is 14.5. The van der Waals surface area contributed by atoms with Gasteiger partial charge in [0.25, 0.3) is 5.91 Å². The van der Waals surface area contributed by atoms with Crippen LogP contribution in [0.2, 0.25) is 0 Å². The van der Waals surface area contributed by atoms with Gasteiger partial charge >= 0.3 is 5.97 Å². The number of nitrogens with zero attached hydrogens (tertiary/aromatic N) is 4. The molecule has 0 radical (unpaired) electrons. The third-order valence-electron chi connectivity index (χ3n) is 8.42. The number of hydrogen-bond donors (Lipinski definition) is 2. The van der Waals surface area contributed by atoms with Crippen LogP contribution in [0.15, 0.2) is 60.7 Å². The van der Waals surface area contributed by atoms with Crippen molar-refractivity contribution in [2.45, 2.75) is 45.0 Å². The summed E-state index contributed by atoms with van der Waals surface area (Å²) >= 11 is 0. The summed E-state index contributed by atoms with van der Waals surface area (Å²) in [5, 5.41) is 18.0. The topological polar surface area (TPSA) is 140 Å². The maximum absolute atomic E-state index is 14.5. The molecule has 2 amide bonds. The SMILES string of the molecule is C[C@H](c1ccc(COc2cccc3c2CN(C(CCC(=O)O)C(N)=O)C3=O)cc1)N1CCN(c2ccc(C#N)cc2F)CC1. The molecule has 2 aliphatic heterocycles. The molecular formula is C33H34FN5O5. The van der Waals surface area contributed by atoms with E-state index in [2.05, 4.69) is 24.0 Å². The quantitative estimate of drug-likeness (QED) is 0.339. The highest BCUT2D eigenvalue weighted by molar-refractivity contribution is 6.01. The van der Waals surface area contributed by atoms with Gasteiger partial charge in [0.05, 0.1) is 23.9 Å². The fraction of sp³-hybridized carbons (Fsp3) is 0.333. The van der Waals surface area contributed by atoms with E-state index in [-0.39, 0.29) is 43.8 Å². The van der Waals surface area contributed by atoms with E-state index < -0.39 is 17.9 Å². The summed E-state index contributed by atoms with van der Waals surface area (Å²) in [5.74, 6) is -2.04. The summed E-state index contributed by atoms with van der Waals surface area (Å²) < 4.78 is 20.6. The van der Waals surface area contributed by atoms with Crippen LogP contribution in [-0.4, -0.2) is 64.9 Å². The molecule has 3 aromatic rings. The van der Waals surface area contributed by atoms with E-state index in [1.165, 1.54) is 11.0 Å². The van der Waals surface area contributed by atoms with E-state index in [4.69, 9.17) is 20.8 Å². The Kier molecular flexibility index (Phi) is 9.11. The molecule has 1 fully saturated rings. The molecule has 3 N–H and O–H groups in total. The Bertz CT molecular complexity index is 1600. The van der Waals surface area contributed by atoms with E-state index in [1.807, 2.05) is 23.1 Å². The van der Waals surface area contributed by atoms with E-state index in [1.54, 1.807) is 30.3 Å². The molecule has 2 atom stereocenters. The molecule has 2 aliphatic rings. The zero-order valence-electron chi connectivity index (χ0n) is 24.4. The molecule has 0 spiro atoms. The molecule has 2 heterocycles. The second-order valence-electron chi connectivity index (χ2n) is 11.1. The zero-order valence-corrected chi connectivity index (χ0v) is 24.4. The molecular weight excluding hydrogens is 565 g/mol. The molecule has 11 heteroatoms. The number of carbonyl (C=O) groups is 3. The molecule has 44 heavy (non-hydrogen) atoms. The highest BCUT2D eigenvalue weighted by Crippen LogP contribution is 2.34. The number of ether oxygens (including phenoxy) is 1. The molecule has 1 saturated heterocycles. The van der Waals surface area contributed by atoms with E-state index in [9.17, 15) is 18.8 Å². The van der Waals surface area contributed by atoms with Crippen molar-refractivity contribution >= 4 is 23.5 Å². The van der Waals surface area contributed by atoms with E-state index >= 15 is 0 Å². The number of benzene rings is 3. The van der Waals surface area contributed by atoms with Crippen LogP contribution in [-0.2, 0) is 22.7 Å². The van der Waals surface area contributed by atoms with Gasteiger partial charge in [-0.2, -0.15) is 5.26 Å². The number of halogens is 1. The van der Waals surface area contributed by atoms with Crippen LogP contribution in [0, 0.1) is 17.1 Å². The van der Waals surface area contributed by atoms with Gasteiger partial charge in [-0.25, -0.2) is 4.39 Å². The molecule has 228 valence electrons. The minimum absolute atomic E-state index is 0.0588. The number of fused-ring (bicyclic) bond motifs is 1. The Morgan fingerprint density at radius 2 is 1.82 bits per heavy atom. The fourth-order valence-electron chi connectivity index (χ4n) is 5.87. The van der Waals surface area contributed by atoms with Gasteiger partial charge in [-0.05, 0) is 54.8 Å². The van der Waals surface area contributed by atoms with Crippen LogP contribution in [0.25, 0.3) is 0 Å². The molecule has 5 rings (SSSR count). The summed E-state index contributed by atoms with van der Waals surface area (Å²) in [6.45, 7) is 5.43. The Labute approximate surface area is 255 Å². The minimum Gasteiger partial charge on any atom is -0.489 e. The predicted molar refractivity (Wildman–Crippen MR) is 160 cm³/mol. The van der Waals surface area contributed by atoms with Gasteiger partial charge in [0.1, 0.15) is 24.2 Å². The molecule has 0 bridgehead atoms. The van der Waals surface area contributed by atoms with Crippen LogP contribution in [0.3, 0.4) is 0 Å². The number of anilines is 1. The Morgan fingerprint density at radius 1 is 1.09 bits per heavy atom. The Balaban J connectivity index is 1.18. The number of primary amides is 1. The lowest BCUT2D eigenvalue weighted by atomic mass is 10.0. The van der Waals surface area contributed by atoms with Crippen molar-refractivity contribution in [3.05, 3.63) is 94.3 Å². The standard InChI is InChI=1S/C33H34FN5O5/c1-21(37-13-15-38(16-14-37)28-10-7-23(18-35)17-27(28)34)24-8-5-22(6-9-24)20-44-30-4-2-3-25-26(30)19-39(33(25)43)29(32(36)42)11-12-31(40)41/h2-10,17,21,29H,11-16,19-20H2,1H3,(H2,36,42)(H,40,41)/t21-,29?/m1/s1. The maximum atomic E-state index is 14.5. The van der Waals surface area contributed by atoms with E-state index in [0.29, 0.717) is 41.2 Å². The third kappa shape index (κ3) is 6.50. The smallest absolute Gasteiger partial charge is 0.303 e. The van der Waals surface area contributed by atoms with Gasteiger partial charge in [-0.1, -0.05) is 30.3 Å². The van der Waals surface area contributed by atoms with Crippen LogP contribution in [0.5, 0.6) is 5.75 Å². The number of aliphatic carboxylic acids is 1. The lowest BCUT2D eigenvalue weighted by Gasteiger charge is -2.39. The first kappa shape index (κ1) is 30.5. The third-order valence-corrected chi connectivity index (χ3v) is 8.42. The molecule has 0 aromatic heterocycles. The average molecular weight is 600 g/mol. The lowest BCUT2D eigenvalue weighted by molar-refractivity contribution is -0.137. The fourth-order valence-corrected chi connectivity index (χ4v) is 5.87. The average Bonchev–Trinajstić information content (AvgIpc) is 3.36. The first-order valence-electron chi connectivity index (χ1n) is 14.5. The normalized spacial score (nSPS) is 16.2. The van der Waals surface area contributed by atoms with Crippen molar-refractivity contribution in [3.8, 4) is 11.8 Å². The summed E-state index contributed by atoms with van der Waals surface area (Å²) in [6, 6.07) is 19.0. The monoisotopic (exact) mass is 599 g/mol. The Morgan fingerprint density at radius 3 is 2.45 bits per heavy atom. The van der Waals surface area contributed by atoms with Crippen LogP contribution in [0.1, 0.15) is 58.4 Å². The number of nitriles is 1. The lowest BCUT2D eigenvalue weighted by Crippen LogP contribution is -2.47. The number of amides is 2. The highest BCUT2D eigenvalue weighted by Gasteiger charge is 2.37. The largest absolute Gasteiger partial charge is 0.489 e. The van der Waals surface area contributed by atoms with Crippen molar-refractivity contribution in [1.29, 1.82) is 5.26 Å². The number of carboxylic acid groups (broad SMARTS) is 1. The van der Waals surface area contributed by atoms with Gasteiger partial charge in [-0.3, -0.25) is 19.3 Å². The van der Waals surface area contributed by atoms with Crippen molar-refractivity contribution in [2.75, 3.05) is 31.1 Å². The summed E-state index contributed by atoms with van der Waals surface area (Å²) in [5.41, 5.74) is 9.49. The number of carboxylic acids is 1. The van der Waals surface area contributed by atoms with Crippen LogP contribution >= 0.6 is 0 Å². The molecule has 1 unspecified atom stereocenters. The molecule has 0 saturated carbocycles. The van der Waals surface area contributed by atoms with Crippen LogP contribution < -0.4 is 15.4 Å². The Hall–Kier alpha value is -4.95. The number of piperazine rings is 1. The molecule has 3 aromatic carbocycles. The summed E-state index contributed by atoms with van der Waals surface area (Å²) in [4.78, 5) is 41.8. The number of rotatable bonds is 11. The summed E-state index contributed by atoms with van der Waals surface area (Å²) in [6.07, 6.45) is -0.336. The number of nitrogens with two attached hydrogens (primary N) is 1. The van der Waals surface area contributed by atoms with Crippen molar-refractivity contribution in [2.24, 2.45) is 5.73 Å². The number of hydrogen-bond acceptors (Lipinski definition) is 7. The second-order valence-corrected chi connectivity index (χ2v) is 11.1. The van der Waals surface area contributed by atoms with Gasteiger partial charge < -0.3 is 25.4 Å². The van der Waals surface area contributed by atoms with Crippen molar-refractivity contribution < 1.29 is 28.6 Å². The highest BCUT2D eigenvalue weighted by atomic mass is 19.1. The van der Waals surface area contributed by atoms with E-state index in [0.717, 1.165) is 24.2 Å². The van der Waals surface area contributed by atoms with Crippen molar-refractivity contribution in [3.63, 3.8) is 0 Å². The molecule has 10 nitrogen and oxygen atoms in total. The summed E-state index contributed by atoms with van der Waals surface area (Å²) in [7, 11) is 0. The predicted octanol–water partition coefficient (Wildman–Crippen LogP) is 3.83. The van der Waals surface area contributed by atoms with Gasteiger partial charge in [-0.15, -0.1) is 0 Å². The second kappa shape index (κ2) is 13.1. The van der Waals surface area contributed by atoms with Crippen molar-refractivity contribution in [1.82, 2.24) is 9.80 Å². The van der Waals surface area contributed by atoms with Crippen LogP contribution in [0.4, 0.5) is 10.1 Å². The van der Waals surface area contributed by atoms with Gasteiger partial charge in [0, 0.05) is 49.8 Å². The molecule has 0 aliphatic carbocycles. The first-order chi connectivity index (χ1) is 21.2. The minimum atomic E-state index is -1.07. The number of carbonyl (C=O) groups excluding carboxylic acids is 2. The maximum Gasteiger partial charge on any atom is 0.303 e. The zero-order chi connectivity index (χ0) is 31.4. The van der Waals surface area contributed by atoms with Gasteiger partial charge in [0.2, 0.25) is 5.91 Å².